The lowest BCUT2D eigenvalue weighted by atomic mass is 9.88. The van der Waals surface area contributed by atoms with E-state index in [1.807, 2.05) is 0 Å². The average molecular weight is 345 g/mol. The highest BCUT2D eigenvalue weighted by atomic mass is 16.5. The molecule has 1 saturated carbocycles. The number of aromatic hydroxyl groups is 2. The molecule has 3 aliphatic rings. The molecule has 3 unspecified atom stereocenters. The van der Waals surface area contributed by atoms with Gasteiger partial charge in [-0.05, 0) is 50.3 Å². The van der Waals surface area contributed by atoms with Gasteiger partial charge in [0.2, 0.25) is 0 Å². The summed E-state index contributed by atoms with van der Waals surface area (Å²) >= 11 is 0. The van der Waals surface area contributed by atoms with Crippen molar-refractivity contribution in [1.82, 2.24) is 4.90 Å². The molecule has 0 bridgehead atoms. The summed E-state index contributed by atoms with van der Waals surface area (Å²) < 4.78 is 5.85. The number of benzene rings is 1. The molecule has 0 spiro atoms. The fourth-order valence-corrected chi connectivity index (χ4v) is 5.11. The molecule has 0 radical (unpaired) electrons. The summed E-state index contributed by atoms with van der Waals surface area (Å²) in [6.45, 7) is 1.91. The molecule has 2 N–H and O–H groups in total. The third-order valence-corrected chi connectivity index (χ3v) is 6.60. The van der Waals surface area contributed by atoms with E-state index < -0.39 is 0 Å². The fraction of sp³-hybridized carbons (Fsp3) is 0.714. The van der Waals surface area contributed by atoms with Crippen LogP contribution in [0, 0.1) is 5.92 Å². The van der Waals surface area contributed by atoms with Crippen molar-refractivity contribution in [2.75, 3.05) is 13.2 Å². The van der Waals surface area contributed by atoms with E-state index in [0.717, 1.165) is 24.6 Å². The Labute approximate surface area is 150 Å². The summed E-state index contributed by atoms with van der Waals surface area (Å²) in [5, 5.41) is 19.7. The predicted octanol–water partition coefficient (Wildman–Crippen LogP) is 4.36. The minimum Gasteiger partial charge on any atom is -0.508 e. The second-order valence-electron chi connectivity index (χ2n) is 8.18. The molecule has 1 aromatic rings. The van der Waals surface area contributed by atoms with Crippen LogP contribution in [-0.4, -0.2) is 40.3 Å². The quantitative estimate of drug-likeness (QED) is 0.832. The summed E-state index contributed by atoms with van der Waals surface area (Å²) in [6, 6.07) is 5.90. The highest BCUT2D eigenvalue weighted by molar-refractivity contribution is 5.41. The van der Waals surface area contributed by atoms with Crippen LogP contribution < -0.4 is 0 Å². The average Bonchev–Trinajstić information content (AvgIpc) is 3.09. The Morgan fingerprint density at radius 2 is 1.80 bits per heavy atom. The van der Waals surface area contributed by atoms with Gasteiger partial charge in [0.25, 0.3) is 0 Å². The van der Waals surface area contributed by atoms with Crippen LogP contribution >= 0.6 is 0 Å². The minimum absolute atomic E-state index is 0.0623. The molecular formula is C21H31NO3. The van der Waals surface area contributed by atoms with E-state index in [4.69, 9.17) is 4.74 Å². The highest BCUT2D eigenvalue weighted by Gasteiger charge is 2.42. The van der Waals surface area contributed by atoms with Gasteiger partial charge < -0.3 is 14.9 Å². The third kappa shape index (κ3) is 3.65. The van der Waals surface area contributed by atoms with Crippen molar-refractivity contribution in [2.45, 2.75) is 76.0 Å². The van der Waals surface area contributed by atoms with E-state index in [9.17, 15) is 10.2 Å². The maximum atomic E-state index is 10.2. The van der Waals surface area contributed by atoms with Gasteiger partial charge in [-0.3, -0.25) is 4.90 Å². The zero-order valence-corrected chi connectivity index (χ0v) is 15.1. The van der Waals surface area contributed by atoms with Gasteiger partial charge in [-0.1, -0.05) is 32.1 Å². The Balaban J connectivity index is 1.42. The lowest BCUT2D eigenvalue weighted by Gasteiger charge is -2.49. The van der Waals surface area contributed by atoms with Gasteiger partial charge in [0.05, 0.1) is 12.6 Å². The van der Waals surface area contributed by atoms with E-state index >= 15 is 0 Å². The number of rotatable bonds is 5. The van der Waals surface area contributed by atoms with E-state index in [1.165, 1.54) is 63.9 Å². The van der Waals surface area contributed by atoms with Gasteiger partial charge in [-0.25, -0.2) is 0 Å². The number of phenols is 2. The molecule has 138 valence electrons. The molecule has 3 fully saturated rings. The predicted molar refractivity (Wildman–Crippen MR) is 97.8 cm³/mol. The van der Waals surface area contributed by atoms with Crippen LogP contribution in [0.25, 0.3) is 0 Å². The van der Waals surface area contributed by atoms with Gasteiger partial charge >= 0.3 is 0 Å². The zero-order chi connectivity index (χ0) is 17.2. The number of ether oxygens (including phenoxy) is 1. The number of hydrogen-bond acceptors (Lipinski definition) is 4. The van der Waals surface area contributed by atoms with Crippen molar-refractivity contribution in [2.24, 2.45) is 5.92 Å². The van der Waals surface area contributed by atoms with Gasteiger partial charge in [-0.15, -0.1) is 0 Å². The maximum Gasteiger partial charge on any atom is 0.125 e. The van der Waals surface area contributed by atoms with Crippen LogP contribution in [0.3, 0.4) is 0 Å². The van der Waals surface area contributed by atoms with E-state index in [1.54, 1.807) is 12.1 Å². The van der Waals surface area contributed by atoms with Gasteiger partial charge in [0.15, 0.2) is 0 Å². The Hall–Kier alpha value is -1.26. The molecule has 2 saturated heterocycles. The number of piperidine rings is 1. The summed E-state index contributed by atoms with van der Waals surface area (Å²) in [7, 11) is 0. The first-order valence-electron chi connectivity index (χ1n) is 10.1. The Bertz CT molecular complexity index is 585. The Morgan fingerprint density at radius 3 is 2.52 bits per heavy atom. The van der Waals surface area contributed by atoms with E-state index in [2.05, 4.69) is 4.90 Å². The number of phenolic OH excluding ortho intramolecular Hbond substituents is 2. The fourth-order valence-electron chi connectivity index (χ4n) is 5.11. The van der Waals surface area contributed by atoms with E-state index in [0.29, 0.717) is 12.1 Å². The molecule has 1 aliphatic carbocycles. The smallest absolute Gasteiger partial charge is 0.125 e. The summed E-state index contributed by atoms with van der Waals surface area (Å²) in [5.41, 5.74) is 0.814. The SMILES string of the molecule is Oc1ccc(C2OCC2N2CCCCC2CCC2CCCC2)c(O)c1. The number of likely N-dealkylation sites (tertiary alicyclic amines) is 1. The summed E-state index contributed by atoms with van der Waals surface area (Å²) in [4.78, 5) is 2.67. The molecule has 1 aromatic carbocycles. The highest BCUT2D eigenvalue weighted by Crippen LogP contribution is 2.42. The van der Waals surface area contributed by atoms with Crippen LogP contribution in [0.2, 0.25) is 0 Å². The van der Waals surface area contributed by atoms with Crippen molar-refractivity contribution < 1.29 is 14.9 Å². The van der Waals surface area contributed by atoms with Crippen LogP contribution in [0.4, 0.5) is 0 Å². The lowest BCUT2D eigenvalue weighted by Crippen LogP contribution is -2.56. The van der Waals surface area contributed by atoms with Crippen LogP contribution in [0.15, 0.2) is 18.2 Å². The van der Waals surface area contributed by atoms with E-state index in [-0.39, 0.29) is 17.6 Å². The lowest BCUT2D eigenvalue weighted by molar-refractivity contribution is -0.154. The monoisotopic (exact) mass is 345 g/mol. The molecular weight excluding hydrogens is 314 g/mol. The van der Waals surface area contributed by atoms with Crippen molar-refractivity contribution in [3.05, 3.63) is 23.8 Å². The summed E-state index contributed by atoms with van der Waals surface area (Å²) in [5.74, 6) is 1.21. The third-order valence-electron chi connectivity index (χ3n) is 6.60. The second kappa shape index (κ2) is 7.55. The molecule has 0 amide bonds. The molecule has 4 rings (SSSR count). The molecule has 2 heterocycles. The molecule has 3 atom stereocenters. The van der Waals surface area contributed by atoms with Gasteiger partial charge in [0, 0.05) is 17.7 Å². The Kier molecular flexibility index (Phi) is 5.18. The van der Waals surface area contributed by atoms with Crippen LogP contribution in [-0.2, 0) is 4.74 Å². The van der Waals surface area contributed by atoms with Crippen LogP contribution in [0.1, 0.15) is 69.5 Å². The molecule has 0 aromatic heterocycles. The topological polar surface area (TPSA) is 52.9 Å². The molecule has 2 aliphatic heterocycles. The number of hydrogen-bond donors (Lipinski definition) is 2. The van der Waals surface area contributed by atoms with Gasteiger partial charge in [0.1, 0.15) is 17.6 Å². The first-order valence-corrected chi connectivity index (χ1v) is 10.1. The Morgan fingerprint density at radius 1 is 1.00 bits per heavy atom. The number of nitrogens with zero attached hydrogens (tertiary/aromatic N) is 1. The molecule has 4 nitrogen and oxygen atoms in total. The van der Waals surface area contributed by atoms with Crippen LogP contribution in [0.5, 0.6) is 11.5 Å². The normalized spacial score (nSPS) is 31.1. The second-order valence-corrected chi connectivity index (χ2v) is 8.18. The first-order chi connectivity index (χ1) is 12.2. The summed E-state index contributed by atoms with van der Waals surface area (Å²) in [6.07, 6.45) is 12.3. The molecule has 4 heteroatoms. The first kappa shape index (κ1) is 17.2. The van der Waals surface area contributed by atoms with Crippen molar-refractivity contribution in [3.8, 4) is 11.5 Å². The molecule has 25 heavy (non-hydrogen) atoms. The van der Waals surface area contributed by atoms with Gasteiger partial charge in [-0.2, -0.15) is 0 Å². The largest absolute Gasteiger partial charge is 0.508 e. The van der Waals surface area contributed by atoms with Crippen molar-refractivity contribution >= 4 is 0 Å². The van der Waals surface area contributed by atoms with Crippen molar-refractivity contribution in [1.29, 1.82) is 0 Å². The van der Waals surface area contributed by atoms with Crippen molar-refractivity contribution in [3.63, 3.8) is 0 Å². The standard InChI is InChI=1S/C21H31NO3/c23-17-10-11-18(20(24)13-17)21-19(14-25-21)22-12-4-3-7-16(22)9-8-15-5-1-2-6-15/h10-11,13,15-16,19,21,23-24H,1-9,12,14H2. The zero-order valence-electron chi connectivity index (χ0n) is 15.1. The minimum atomic E-state index is -0.0623. The maximum absolute atomic E-state index is 10.2.